The smallest absolute Gasteiger partial charge is 0.255 e. The molecule has 0 fully saturated rings. The van der Waals surface area contributed by atoms with E-state index in [0.29, 0.717) is 12.8 Å². The van der Waals surface area contributed by atoms with Gasteiger partial charge in [0, 0.05) is 12.8 Å². The van der Waals surface area contributed by atoms with Gasteiger partial charge < -0.3 is 10.2 Å². The lowest BCUT2D eigenvalue weighted by molar-refractivity contribution is 0.0751. The van der Waals surface area contributed by atoms with E-state index < -0.39 is 11.7 Å². The molecule has 0 aromatic heterocycles. The molecule has 0 aliphatic carbocycles. The number of benzene rings is 2. The van der Waals surface area contributed by atoms with Crippen LogP contribution in [0.15, 0.2) is 47.6 Å². The number of amides is 1. The van der Waals surface area contributed by atoms with Crippen LogP contribution in [0.3, 0.4) is 0 Å². The normalized spacial score (nSPS) is 16.3. The molecule has 1 aliphatic rings. The summed E-state index contributed by atoms with van der Waals surface area (Å²) in [7, 11) is 0. The zero-order valence-electron chi connectivity index (χ0n) is 13.1. The minimum absolute atomic E-state index is 0.0538. The predicted octanol–water partition coefficient (Wildman–Crippen LogP) is 3.74. The Labute approximate surface area is 148 Å². The van der Waals surface area contributed by atoms with Crippen LogP contribution in [0.1, 0.15) is 22.3 Å². The monoisotopic (exact) mass is 364 g/mol. The van der Waals surface area contributed by atoms with Gasteiger partial charge in [-0.1, -0.05) is 35.0 Å². The van der Waals surface area contributed by atoms with Crippen molar-refractivity contribution in [3.05, 3.63) is 70.2 Å². The third-order valence-electron chi connectivity index (χ3n) is 3.80. The fourth-order valence-corrected chi connectivity index (χ4v) is 2.80. The second kappa shape index (κ2) is 7.61. The molecule has 0 spiro atoms. The van der Waals surface area contributed by atoms with Crippen LogP contribution in [-0.2, 0) is 11.3 Å². The maximum absolute atomic E-state index is 13.7. The van der Waals surface area contributed by atoms with Gasteiger partial charge in [-0.2, -0.15) is 0 Å². The number of halogens is 3. The van der Waals surface area contributed by atoms with Crippen LogP contribution in [0.2, 0.25) is 5.02 Å². The van der Waals surface area contributed by atoms with Crippen molar-refractivity contribution in [2.75, 3.05) is 6.54 Å². The summed E-state index contributed by atoms with van der Waals surface area (Å²) in [5, 5.41) is 6.65. The van der Waals surface area contributed by atoms with E-state index >= 15 is 0 Å². The first-order valence-corrected chi connectivity index (χ1v) is 8.09. The standard InChI is InChI=1S/C18H15ClF2N2O2/c19-15-2-1-3-16(21)17(15)18(24)22-10-14-9-13(23-25-14)8-11-4-6-12(20)7-5-11/h1-7,14H,8-10H2,(H,22,24). The van der Waals surface area contributed by atoms with E-state index in [9.17, 15) is 13.6 Å². The molecule has 1 unspecified atom stereocenters. The Morgan fingerprint density at radius 1 is 1.24 bits per heavy atom. The molecular formula is C18H15ClF2N2O2. The van der Waals surface area contributed by atoms with Crippen molar-refractivity contribution in [1.82, 2.24) is 5.32 Å². The minimum atomic E-state index is -0.675. The molecule has 0 bridgehead atoms. The molecule has 0 radical (unpaired) electrons. The molecular weight excluding hydrogens is 350 g/mol. The summed E-state index contributed by atoms with van der Waals surface area (Å²) in [5.74, 6) is -1.56. The van der Waals surface area contributed by atoms with E-state index in [-0.39, 0.29) is 29.1 Å². The number of oxime groups is 1. The van der Waals surface area contributed by atoms with Gasteiger partial charge in [0.25, 0.3) is 5.91 Å². The number of carbonyl (C=O) groups excluding carboxylic acids is 1. The number of rotatable bonds is 5. The van der Waals surface area contributed by atoms with Crippen LogP contribution in [0.25, 0.3) is 0 Å². The van der Waals surface area contributed by atoms with E-state index in [2.05, 4.69) is 10.5 Å². The van der Waals surface area contributed by atoms with E-state index in [4.69, 9.17) is 16.4 Å². The van der Waals surface area contributed by atoms with Crippen molar-refractivity contribution in [3.63, 3.8) is 0 Å². The summed E-state index contributed by atoms with van der Waals surface area (Å²) in [6.07, 6.45) is 0.747. The summed E-state index contributed by atoms with van der Waals surface area (Å²) in [5.41, 5.74) is 1.54. The molecule has 3 rings (SSSR count). The SMILES string of the molecule is O=C(NCC1CC(Cc2ccc(F)cc2)=NO1)c1c(F)cccc1Cl. The first kappa shape index (κ1) is 17.4. The van der Waals surface area contributed by atoms with E-state index in [0.717, 1.165) is 11.3 Å². The van der Waals surface area contributed by atoms with Gasteiger partial charge in [-0.3, -0.25) is 4.79 Å². The van der Waals surface area contributed by atoms with Crippen molar-refractivity contribution in [2.45, 2.75) is 18.9 Å². The molecule has 25 heavy (non-hydrogen) atoms. The number of nitrogens with zero attached hydrogens (tertiary/aromatic N) is 1. The predicted molar refractivity (Wildman–Crippen MR) is 90.8 cm³/mol. The Morgan fingerprint density at radius 3 is 2.72 bits per heavy atom. The Kier molecular flexibility index (Phi) is 5.28. The highest BCUT2D eigenvalue weighted by Crippen LogP contribution is 2.19. The maximum atomic E-state index is 13.7. The molecule has 1 atom stereocenters. The van der Waals surface area contributed by atoms with E-state index in [1.807, 2.05) is 0 Å². The van der Waals surface area contributed by atoms with Crippen LogP contribution in [0.4, 0.5) is 8.78 Å². The molecule has 1 N–H and O–H groups in total. The summed E-state index contributed by atoms with van der Waals surface area (Å²) < 4.78 is 26.6. The van der Waals surface area contributed by atoms with Crippen molar-refractivity contribution in [1.29, 1.82) is 0 Å². The van der Waals surface area contributed by atoms with Gasteiger partial charge in [-0.15, -0.1) is 0 Å². The molecule has 0 saturated carbocycles. The first-order valence-electron chi connectivity index (χ1n) is 7.71. The van der Waals surface area contributed by atoms with E-state index in [1.165, 1.54) is 30.3 Å². The fraction of sp³-hybridized carbons (Fsp3) is 0.222. The Morgan fingerprint density at radius 2 is 2.00 bits per heavy atom. The third-order valence-corrected chi connectivity index (χ3v) is 4.11. The molecule has 2 aromatic carbocycles. The third kappa shape index (κ3) is 4.33. The highest BCUT2D eigenvalue weighted by Gasteiger charge is 2.23. The summed E-state index contributed by atoms with van der Waals surface area (Å²) in [6, 6.07) is 10.2. The van der Waals surface area contributed by atoms with Crippen molar-refractivity contribution < 1.29 is 18.4 Å². The molecule has 4 nitrogen and oxygen atoms in total. The Balaban J connectivity index is 1.51. The zero-order valence-corrected chi connectivity index (χ0v) is 13.9. The molecule has 0 saturated heterocycles. The molecule has 2 aromatic rings. The van der Waals surface area contributed by atoms with Gasteiger partial charge in [0.05, 0.1) is 22.8 Å². The minimum Gasteiger partial charge on any atom is -0.390 e. The molecule has 1 amide bonds. The fourth-order valence-electron chi connectivity index (χ4n) is 2.55. The van der Waals surface area contributed by atoms with Gasteiger partial charge in [0.2, 0.25) is 0 Å². The van der Waals surface area contributed by atoms with E-state index in [1.54, 1.807) is 12.1 Å². The Bertz CT molecular complexity index is 789. The molecule has 130 valence electrons. The summed E-state index contributed by atoms with van der Waals surface area (Å²) in [4.78, 5) is 17.4. The van der Waals surface area contributed by atoms with Crippen LogP contribution in [0.5, 0.6) is 0 Å². The average molecular weight is 365 g/mol. The van der Waals surface area contributed by atoms with Crippen molar-refractivity contribution in [2.24, 2.45) is 5.16 Å². The lowest BCUT2D eigenvalue weighted by atomic mass is 10.0. The van der Waals surface area contributed by atoms with Gasteiger partial charge >= 0.3 is 0 Å². The highest BCUT2D eigenvalue weighted by atomic mass is 35.5. The quantitative estimate of drug-likeness (QED) is 0.878. The van der Waals surface area contributed by atoms with Gasteiger partial charge in [-0.05, 0) is 29.8 Å². The maximum Gasteiger partial charge on any atom is 0.255 e. The van der Waals surface area contributed by atoms with Crippen molar-refractivity contribution >= 4 is 23.2 Å². The summed E-state index contributed by atoms with van der Waals surface area (Å²) in [6.45, 7) is 0.180. The molecule has 1 heterocycles. The number of hydrogen-bond acceptors (Lipinski definition) is 3. The second-order valence-electron chi connectivity index (χ2n) is 5.70. The van der Waals surface area contributed by atoms with Gasteiger partial charge in [-0.25, -0.2) is 8.78 Å². The average Bonchev–Trinajstić information content (AvgIpc) is 3.02. The highest BCUT2D eigenvalue weighted by molar-refractivity contribution is 6.33. The first-order chi connectivity index (χ1) is 12.0. The van der Waals surface area contributed by atoms with Crippen LogP contribution in [-0.4, -0.2) is 24.3 Å². The summed E-state index contributed by atoms with van der Waals surface area (Å²) >= 11 is 5.86. The lowest BCUT2D eigenvalue weighted by Crippen LogP contribution is -2.33. The van der Waals surface area contributed by atoms with Crippen LogP contribution >= 0.6 is 11.6 Å². The van der Waals surface area contributed by atoms with Crippen LogP contribution in [0, 0.1) is 11.6 Å². The largest absolute Gasteiger partial charge is 0.390 e. The van der Waals surface area contributed by atoms with Gasteiger partial charge in [0.1, 0.15) is 17.7 Å². The van der Waals surface area contributed by atoms with Crippen LogP contribution < -0.4 is 5.32 Å². The number of carbonyl (C=O) groups is 1. The number of hydrogen-bond donors (Lipinski definition) is 1. The topological polar surface area (TPSA) is 50.7 Å². The molecule has 1 aliphatic heterocycles. The number of nitrogens with one attached hydrogen (secondary N) is 1. The van der Waals surface area contributed by atoms with Gasteiger partial charge in [0.15, 0.2) is 0 Å². The van der Waals surface area contributed by atoms with Crippen molar-refractivity contribution in [3.8, 4) is 0 Å². The molecule has 7 heteroatoms. The second-order valence-corrected chi connectivity index (χ2v) is 6.11. The Hall–Kier alpha value is -2.47. The lowest BCUT2D eigenvalue weighted by Gasteiger charge is -2.11. The zero-order chi connectivity index (χ0) is 17.8.